The highest BCUT2D eigenvalue weighted by Gasteiger charge is 2.18. The van der Waals surface area contributed by atoms with Crippen molar-refractivity contribution >= 4 is 11.3 Å². The standard InChI is InChI=1S/C15H9N5O3S/c1-2-10-11(22-7-21-10)5-8(1)15-18-9(6-24-15)14-19-13(20-23-14)12-16-3-4-17-12/h1-6H,7H2,(H,16,17). The lowest BCUT2D eigenvalue weighted by atomic mass is 10.2. The summed E-state index contributed by atoms with van der Waals surface area (Å²) in [6.07, 6.45) is 3.33. The molecule has 0 fully saturated rings. The first kappa shape index (κ1) is 13.3. The van der Waals surface area contributed by atoms with Gasteiger partial charge in [-0.15, -0.1) is 11.3 Å². The van der Waals surface area contributed by atoms with Crippen molar-refractivity contribution in [3.05, 3.63) is 36.0 Å². The Labute approximate surface area is 139 Å². The number of hydrogen-bond donors (Lipinski definition) is 1. The van der Waals surface area contributed by atoms with Crippen LogP contribution in [-0.2, 0) is 0 Å². The molecule has 0 radical (unpaired) electrons. The number of ether oxygens (including phenoxy) is 2. The molecule has 1 N–H and O–H groups in total. The van der Waals surface area contributed by atoms with Gasteiger partial charge in [0.2, 0.25) is 12.6 Å². The molecule has 24 heavy (non-hydrogen) atoms. The lowest BCUT2D eigenvalue weighted by Crippen LogP contribution is -1.92. The minimum Gasteiger partial charge on any atom is -0.454 e. The van der Waals surface area contributed by atoms with Gasteiger partial charge in [-0.1, -0.05) is 5.16 Å². The second-order valence-corrected chi connectivity index (χ2v) is 5.82. The number of imidazole rings is 1. The molecule has 3 aromatic heterocycles. The molecular formula is C15H9N5O3S. The van der Waals surface area contributed by atoms with Crippen molar-refractivity contribution in [3.63, 3.8) is 0 Å². The molecule has 9 heteroatoms. The number of aromatic amines is 1. The summed E-state index contributed by atoms with van der Waals surface area (Å²) in [6.45, 7) is 0.249. The highest BCUT2D eigenvalue weighted by Crippen LogP contribution is 2.37. The lowest BCUT2D eigenvalue weighted by Gasteiger charge is -1.98. The summed E-state index contributed by atoms with van der Waals surface area (Å²) >= 11 is 1.49. The summed E-state index contributed by atoms with van der Waals surface area (Å²) in [5.41, 5.74) is 1.57. The first-order valence-corrected chi connectivity index (χ1v) is 7.94. The maximum atomic E-state index is 5.40. The van der Waals surface area contributed by atoms with E-state index in [-0.39, 0.29) is 6.79 Å². The van der Waals surface area contributed by atoms with Crippen molar-refractivity contribution in [2.45, 2.75) is 0 Å². The number of H-pyrrole nitrogens is 1. The van der Waals surface area contributed by atoms with Crippen LogP contribution in [0.15, 0.2) is 40.5 Å². The molecule has 0 bridgehead atoms. The van der Waals surface area contributed by atoms with Gasteiger partial charge in [0.15, 0.2) is 17.3 Å². The lowest BCUT2D eigenvalue weighted by molar-refractivity contribution is 0.174. The number of nitrogens with one attached hydrogen (secondary N) is 1. The van der Waals surface area contributed by atoms with Gasteiger partial charge in [-0.05, 0) is 18.2 Å². The monoisotopic (exact) mass is 339 g/mol. The van der Waals surface area contributed by atoms with Gasteiger partial charge >= 0.3 is 0 Å². The maximum absolute atomic E-state index is 5.40. The number of aromatic nitrogens is 5. The molecule has 118 valence electrons. The summed E-state index contributed by atoms with van der Waals surface area (Å²) in [5, 5.41) is 6.62. The van der Waals surface area contributed by atoms with Crippen molar-refractivity contribution in [1.82, 2.24) is 25.1 Å². The molecule has 1 aliphatic rings. The van der Waals surface area contributed by atoms with Crippen LogP contribution in [0.3, 0.4) is 0 Å². The van der Waals surface area contributed by atoms with E-state index in [9.17, 15) is 0 Å². The van der Waals surface area contributed by atoms with E-state index >= 15 is 0 Å². The SMILES string of the molecule is c1c[nH]c(-c2noc(-c3csc(-c4ccc5c(c4)OCO5)n3)n2)n1. The van der Waals surface area contributed by atoms with Crippen LogP contribution < -0.4 is 9.47 Å². The second-order valence-electron chi connectivity index (χ2n) is 4.97. The van der Waals surface area contributed by atoms with Gasteiger partial charge in [0.1, 0.15) is 10.7 Å². The number of nitrogens with zero attached hydrogens (tertiary/aromatic N) is 4. The largest absolute Gasteiger partial charge is 0.454 e. The Morgan fingerprint density at radius 2 is 2.08 bits per heavy atom. The van der Waals surface area contributed by atoms with Crippen LogP contribution in [0.1, 0.15) is 0 Å². The summed E-state index contributed by atoms with van der Waals surface area (Å²) < 4.78 is 16.0. The van der Waals surface area contributed by atoms with Crippen LogP contribution in [0.2, 0.25) is 0 Å². The Morgan fingerprint density at radius 1 is 1.12 bits per heavy atom. The molecule has 0 amide bonds. The van der Waals surface area contributed by atoms with Crippen LogP contribution in [-0.4, -0.2) is 31.9 Å². The average Bonchev–Trinajstić information content (AvgIpc) is 3.41. The highest BCUT2D eigenvalue weighted by atomic mass is 32.1. The van der Waals surface area contributed by atoms with Crippen molar-refractivity contribution in [2.75, 3.05) is 6.79 Å². The molecule has 4 heterocycles. The minimum absolute atomic E-state index is 0.249. The van der Waals surface area contributed by atoms with E-state index in [1.54, 1.807) is 12.4 Å². The van der Waals surface area contributed by atoms with E-state index in [1.807, 2.05) is 23.6 Å². The quantitative estimate of drug-likeness (QED) is 0.612. The fourth-order valence-corrected chi connectivity index (χ4v) is 3.14. The van der Waals surface area contributed by atoms with Crippen LogP contribution in [0.4, 0.5) is 0 Å². The smallest absolute Gasteiger partial charge is 0.277 e. The molecule has 1 aromatic carbocycles. The zero-order valence-electron chi connectivity index (χ0n) is 12.1. The van der Waals surface area contributed by atoms with Crippen LogP contribution in [0, 0.1) is 0 Å². The molecule has 0 spiro atoms. The van der Waals surface area contributed by atoms with Gasteiger partial charge in [0, 0.05) is 23.3 Å². The Morgan fingerprint density at radius 3 is 3.00 bits per heavy atom. The normalized spacial score (nSPS) is 12.7. The van der Waals surface area contributed by atoms with E-state index in [0.29, 0.717) is 23.2 Å². The van der Waals surface area contributed by atoms with E-state index in [1.165, 1.54) is 11.3 Å². The van der Waals surface area contributed by atoms with E-state index < -0.39 is 0 Å². The van der Waals surface area contributed by atoms with E-state index in [2.05, 4.69) is 25.1 Å². The molecule has 0 saturated heterocycles. The van der Waals surface area contributed by atoms with Crippen molar-refractivity contribution in [1.29, 1.82) is 0 Å². The fourth-order valence-electron chi connectivity index (χ4n) is 2.35. The predicted molar refractivity (Wildman–Crippen MR) is 84.5 cm³/mol. The third-order valence-corrected chi connectivity index (χ3v) is 4.37. The van der Waals surface area contributed by atoms with E-state index in [4.69, 9.17) is 14.0 Å². The second kappa shape index (κ2) is 5.17. The average molecular weight is 339 g/mol. The number of thiazole rings is 1. The number of fused-ring (bicyclic) bond motifs is 1. The molecule has 1 aliphatic heterocycles. The first-order chi connectivity index (χ1) is 11.9. The summed E-state index contributed by atoms with van der Waals surface area (Å²) in [6, 6.07) is 5.73. The van der Waals surface area contributed by atoms with Crippen LogP contribution >= 0.6 is 11.3 Å². The number of rotatable bonds is 3. The van der Waals surface area contributed by atoms with Crippen molar-refractivity contribution < 1.29 is 14.0 Å². The maximum Gasteiger partial charge on any atom is 0.277 e. The molecule has 0 atom stereocenters. The summed E-state index contributed by atoms with van der Waals surface area (Å²) in [4.78, 5) is 15.9. The summed E-state index contributed by atoms with van der Waals surface area (Å²) in [5.74, 6) is 2.77. The van der Waals surface area contributed by atoms with Gasteiger partial charge in [0.25, 0.3) is 5.89 Å². The number of benzene rings is 1. The van der Waals surface area contributed by atoms with Gasteiger partial charge in [-0.25, -0.2) is 9.97 Å². The van der Waals surface area contributed by atoms with Crippen molar-refractivity contribution in [3.8, 4) is 45.3 Å². The van der Waals surface area contributed by atoms with Gasteiger partial charge in [-0.3, -0.25) is 0 Å². The molecule has 4 aromatic rings. The molecule has 0 unspecified atom stereocenters. The zero-order valence-corrected chi connectivity index (χ0v) is 12.9. The van der Waals surface area contributed by atoms with Crippen LogP contribution in [0.25, 0.3) is 33.8 Å². The Hall–Kier alpha value is -3.20. The topological polar surface area (TPSA) is 99.0 Å². The summed E-state index contributed by atoms with van der Waals surface area (Å²) in [7, 11) is 0. The van der Waals surface area contributed by atoms with Gasteiger partial charge in [-0.2, -0.15) is 4.98 Å². The molecule has 5 rings (SSSR count). The third kappa shape index (κ3) is 2.14. The molecule has 0 saturated carbocycles. The Balaban J connectivity index is 1.47. The minimum atomic E-state index is 0.249. The van der Waals surface area contributed by atoms with Gasteiger partial charge in [0.05, 0.1) is 0 Å². The Bertz CT molecular complexity index is 1010. The predicted octanol–water partition coefficient (Wildman–Crippen LogP) is 2.98. The fraction of sp³-hybridized carbons (Fsp3) is 0.0667. The van der Waals surface area contributed by atoms with Gasteiger partial charge < -0.3 is 19.0 Å². The van der Waals surface area contributed by atoms with Crippen LogP contribution in [0.5, 0.6) is 11.5 Å². The Kier molecular flexibility index (Phi) is 2.85. The molecule has 8 nitrogen and oxygen atoms in total. The highest BCUT2D eigenvalue weighted by molar-refractivity contribution is 7.13. The van der Waals surface area contributed by atoms with E-state index in [0.717, 1.165) is 22.1 Å². The van der Waals surface area contributed by atoms with Crippen molar-refractivity contribution in [2.24, 2.45) is 0 Å². The first-order valence-electron chi connectivity index (χ1n) is 7.06. The third-order valence-electron chi connectivity index (χ3n) is 3.48. The zero-order chi connectivity index (χ0) is 15.9. The molecule has 0 aliphatic carbocycles. The number of hydrogen-bond acceptors (Lipinski definition) is 8. The molecular weight excluding hydrogens is 330 g/mol.